The van der Waals surface area contributed by atoms with Gasteiger partial charge in [0.1, 0.15) is 23.1 Å². The molecule has 1 amide bonds. The second kappa shape index (κ2) is 8.01. The molecule has 0 saturated carbocycles. The molecule has 5 nitrogen and oxygen atoms in total. The third-order valence-electron chi connectivity index (χ3n) is 4.82. The Balaban J connectivity index is 1.82. The molecular formula is C23H16FNO4S. The molecule has 0 fully saturated rings. The average molecular weight is 421 g/mol. The van der Waals surface area contributed by atoms with E-state index in [0.717, 1.165) is 21.8 Å². The fourth-order valence-corrected chi connectivity index (χ4v) is 4.79. The summed E-state index contributed by atoms with van der Waals surface area (Å²) in [5.41, 5.74) is 2.01. The number of amides is 1. The number of thiophene rings is 1. The molecule has 0 saturated heterocycles. The van der Waals surface area contributed by atoms with Crippen LogP contribution in [-0.2, 0) is 4.79 Å². The minimum Gasteiger partial charge on any atom is -0.481 e. The molecule has 0 spiro atoms. The van der Waals surface area contributed by atoms with Gasteiger partial charge in [0.05, 0.1) is 5.69 Å². The van der Waals surface area contributed by atoms with Gasteiger partial charge in [0.25, 0.3) is 0 Å². The number of halogens is 1. The summed E-state index contributed by atoms with van der Waals surface area (Å²) >= 11 is 1.10. The van der Waals surface area contributed by atoms with Crippen molar-refractivity contribution in [3.63, 3.8) is 0 Å². The van der Waals surface area contributed by atoms with E-state index in [-0.39, 0.29) is 29.7 Å². The van der Waals surface area contributed by atoms with E-state index in [1.165, 1.54) is 18.2 Å². The van der Waals surface area contributed by atoms with Crippen molar-refractivity contribution in [3.05, 3.63) is 69.7 Å². The zero-order valence-corrected chi connectivity index (χ0v) is 16.5. The number of carboxylic acid groups (broad SMARTS) is 1. The van der Waals surface area contributed by atoms with Gasteiger partial charge in [-0.25, -0.2) is 9.18 Å². The Morgan fingerprint density at radius 2 is 2.07 bits per heavy atom. The van der Waals surface area contributed by atoms with Crippen LogP contribution in [0.5, 0.6) is 5.75 Å². The number of carboxylic acids is 1. The van der Waals surface area contributed by atoms with Gasteiger partial charge in [0.2, 0.25) is 5.91 Å². The predicted octanol–water partition coefficient (Wildman–Crippen LogP) is 4.74. The molecule has 1 atom stereocenters. The Morgan fingerprint density at radius 3 is 2.73 bits per heavy atom. The zero-order chi connectivity index (χ0) is 21.3. The van der Waals surface area contributed by atoms with Crippen LogP contribution < -0.4 is 10.1 Å². The first-order valence-corrected chi connectivity index (χ1v) is 9.91. The van der Waals surface area contributed by atoms with Crippen LogP contribution in [0.25, 0.3) is 11.1 Å². The average Bonchev–Trinajstić information content (AvgIpc) is 3.11. The predicted molar refractivity (Wildman–Crippen MR) is 113 cm³/mol. The Hall–Kier alpha value is -3.63. The molecule has 2 aromatic carbocycles. The fraction of sp³-hybridized carbons (Fsp3) is 0.130. The Bertz CT molecular complexity index is 1180. The van der Waals surface area contributed by atoms with Crippen molar-refractivity contribution in [2.75, 3.05) is 11.9 Å². The van der Waals surface area contributed by atoms with Crippen LogP contribution in [0.15, 0.2) is 48.5 Å². The molecule has 2 N–H and O–H groups in total. The number of nitrogens with one attached hydrogen (secondary N) is 1. The van der Waals surface area contributed by atoms with Crippen LogP contribution in [0.3, 0.4) is 0 Å². The first kappa shape index (κ1) is 19.7. The maximum absolute atomic E-state index is 13.8. The molecule has 1 aliphatic rings. The monoisotopic (exact) mass is 421 g/mol. The van der Waals surface area contributed by atoms with E-state index in [0.29, 0.717) is 22.6 Å². The second-order valence-electron chi connectivity index (χ2n) is 6.73. The topological polar surface area (TPSA) is 75.6 Å². The molecule has 30 heavy (non-hydrogen) atoms. The van der Waals surface area contributed by atoms with Crippen molar-refractivity contribution >= 4 is 28.9 Å². The third kappa shape index (κ3) is 3.65. The van der Waals surface area contributed by atoms with E-state index in [2.05, 4.69) is 11.2 Å². The first-order valence-electron chi connectivity index (χ1n) is 9.10. The van der Waals surface area contributed by atoms with Crippen molar-refractivity contribution in [2.24, 2.45) is 0 Å². The van der Waals surface area contributed by atoms with Gasteiger partial charge in [-0.1, -0.05) is 30.2 Å². The highest BCUT2D eigenvalue weighted by molar-refractivity contribution is 7.15. The number of hydrogen-bond acceptors (Lipinski definition) is 4. The molecule has 0 bridgehead atoms. The summed E-state index contributed by atoms with van der Waals surface area (Å²) in [5.74, 6) is 0.848. The maximum Gasteiger partial charge on any atom is 0.346 e. The first-order chi connectivity index (χ1) is 14.5. The molecule has 7 heteroatoms. The number of fused-ring (bicyclic) bond motifs is 1. The molecule has 0 unspecified atom stereocenters. The number of aromatic carboxylic acids is 1. The van der Waals surface area contributed by atoms with Gasteiger partial charge in [-0.3, -0.25) is 4.79 Å². The number of rotatable bonds is 5. The summed E-state index contributed by atoms with van der Waals surface area (Å²) in [5, 5.41) is 12.6. The quantitative estimate of drug-likeness (QED) is 0.584. The van der Waals surface area contributed by atoms with Gasteiger partial charge >= 0.3 is 5.97 Å². The summed E-state index contributed by atoms with van der Waals surface area (Å²) < 4.78 is 19.2. The second-order valence-corrected chi connectivity index (χ2v) is 7.78. The molecule has 0 aliphatic carbocycles. The molecule has 150 valence electrons. The Morgan fingerprint density at radius 1 is 1.30 bits per heavy atom. The molecule has 1 aliphatic heterocycles. The number of terminal acetylenes is 1. The number of carbonyl (C=O) groups is 2. The van der Waals surface area contributed by atoms with Gasteiger partial charge in [0, 0.05) is 22.8 Å². The normalized spacial score (nSPS) is 15.1. The summed E-state index contributed by atoms with van der Waals surface area (Å²) in [7, 11) is 0. The summed E-state index contributed by atoms with van der Waals surface area (Å²) in [6.45, 7) is 0.152. The molecule has 3 aromatic rings. The van der Waals surface area contributed by atoms with Gasteiger partial charge in [0.15, 0.2) is 0 Å². The van der Waals surface area contributed by atoms with Crippen molar-refractivity contribution in [2.45, 2.75) is 12.3 Å². The van der Waals surface area contributed by atoms with E-state index in [1.807, 2.05) is 12.1 Å². The van der Waals surface area contributed by atoms with Crippen LogP contribution in [0.4, 0.5) is 10.1 Å². The van der Waals surface area contributed by atoms with Crippen molar-refractivity contribution < 1.29 is 23.8 Å². The Labute approximate surface area is 176 Å². The number of anilines is 1. The van der Waals surface area contributed by atoms with E-state index in [9.17, 15) is 19.1 Å². The van der Waals surface area contributed by atoms with E-state index in [1.54, 1.807) is 18.2 Å². The van der Waals surface area contributed by atoms with Crippen molar-refractivity contribution in [1.82, 2.24) is 0 Å². The van der Waals surface area contributed by atoms with Gasteiger partial charge in [-0.05, 0) is 35.4 Å². The molecule has 4 rings (SSSR count). The summed E-state index contributed by atoms with van der Waals surface area (Å²) in [6, 6.07) is 12.9. The van der Waals surface area contributed by atoms with Gasteiger partial charge in [-0.15, -0.1) is 17.8 Å². The lowest BCUT2D eigenvalue weighted by Crippen LogP contribution is -2.22. The standard InChI is InChI=1S/C23H16FNO4S/c1-2-10-29-16-8-6-13(7-9-16)17-12-18(26)25-20-19(14-4-3-5-15(24)11-14)22(23(27)28)30-21(17)20/h1,3-9,11,17H,10,12H2,(H,25,26)(H,27,28)/t17-/m0/s1. The molecule has 1 aromatic heterocycles. The lowest BCUT2D eigenvalue weighted by molar-refractivity contribution is -0.116. The third-order valence-corrected chi connectivity index (χ3v) is 6.11. The van der Waals surface area contributed by atoms with E-state index >= 15 is 0 Å². The molecular weight excluding hydrogens is 405 g/mol. The number of benzene rings is 2. The summed E-state index contributed by atoms with van der Waals surface area (Å²) in [6.07, 6.45) is 5.38. The fourth-order valence-electron chi connectivity index (χ4n) is 3.55. The summed E-state index contributed by atoms with van der Waals surface area (Å²) in [4.78, 5) is 25.2. The van der Waals surface area contributed by atoms with Crippen LogP contribution in [0.2, 0.25) is 0 Å². The lowest BCUT2D eigenvalue weighted by atomic mass is 9.88. The van der Waals surface area contributed by atoms with Crippen LogP contribution >= 0.6 is 11.3 Å². The smallest absolute Gasteiger partial charge is 0.346 e. The molecule has 0 radical (unpaired) electrons. The van der Waals surface area contributed by atoms with Crippen LogP contribution in [0, 0.1) is 18.2 Å². The van der Waals surface area contributed by atoms with Crippen LogP contribution in [0.1, 0.15) is 32.5 Å². The molecule has 2 heterocycles. The van der Waals surface area contributed by atoms with E-state index in [4.69, 9.17) is 11.2 Å². The maximum atomic E-state index is 13.8. The van der Waals surface area contributed by atoms with Crippen LogP contribution in [-0.4, -0.2) is 23.6 Å². The van der Waals surface area contributed by atoms with Crippen molar-refractivity contribution in [1.29, 1.82) is 0 Å². The minimum atomic E-state index is -1.13. The number of carbonyl (C=O) groups excluding carboxylic acids is 1. The Kier molecular flexibility index (Phi) is 5.25. The lowest BCUT2D eigenvalue weighted by Gasteiger charge is -2.24. The number of hydrogen-bond donors (Lipinski definition) is 2. The van der Waals surface area contributed by atoms with E-state index < -0.39 is 11.8 Å². The SMILES string of the molecule is C#CCOc1ccc([C@@H]2CC(=O)Nc3c2sc(C(=O)O)c3-c2cccc(F)c2)cc1. The van der Waals surface area contributed by atoms with Gasteiger partial charge in [-0.2, -0.15) is 0 Å². The van der Waals surface area contributed by atoms with Gasteiger partial charge < -0.3 is 15.2 Å². The van der Waals surface area contributed by atoms with Crippen molar-refractivity contribution in [3.8, 4) is 29.2 Å². The highest BCUT2D eigenvalue weighted by Gasteiger charge is 2.34. The highest BCUT2D eigenvalue weighted by atomic mass is 32.1. The highest BCUT2D eigenvalue weighted by Crippen LogP contribution is 2.49. The zero-order valence-electron chi connectivity index (χ0n) is 15.6. The minimum absolute atomic E-state index is 0.0618. The largest absolute Gasteiger partial charge is 0.481 e. The number of ether oxygens (including phenoxy) is 1.